The van der Waals surface area contributed by atoms with Gasteiger partial charge in [-0.25, -0.2) is 0 Å². The molecule has 0 aliphatic carbocycles. The first-order valence-electron chi connectivity index (χ1n) is 22.7. The Morgan fingerprint density at radius 1 is 0.324 bits per heavy atom. The maximum atomic E-state index is 15.3. The number of hydrogen-bond donors (Lipinski definition) is 0. The molecule has 0 aromatic heterocycles. The highest BCUT2D eigenvalue weighted by Crippen LogP contribution is 2.61. The monoisotopic (exact) mass is 1120 g/mol. The smallest absolute Gasteiger partial charge is 0.249 e. The van der Waals surface area contributed by atoms with Crippen LogP contribution in [0.5, 0.6) is 34.5 Å². The predicted octanol–water partition coefficient (Wildman–Crippen LogP) is 14.5. The zero-order valence-corrected chi connectivity index (χ0v) is 48.9. The number of ether oxygens (including phenoxy) is 6. The molecular weight excluding hydrogens is 1070 g/mol. The number of hydrogen-bond acceptors (Lipinski definition) is 12. The van der Waals surface area contributed by atoms with Crippen LogP contribution in [0.4, 0.5) is 0 Å². The number of carbonyl (C=O) groups excluding carboxylic acids is 4. The third-order valence-corrected chi connectivity index (χ3v) is 19.4. The number of methoxy groups -OCH3 is 6. The summed E-state index contributed by atoms with van der Waals surface area (Å²) in [4.78, 5) is 57.4. The van der Waals surface area contributed by atoms with Gasteiger partial charge in [0.1, 0.15) is 0 Å². The van der Waals surface area contributed by atoms with Crippen molar-refractivity contribution >= 4 is 93.4 Å². The molecule has 0 unspecified atom stereocenters. The quantitative estimate of drug-likeness (QED) is 0.0846. The van der Waals surface area contributed by atoms with Gasteiger partial charge >= 0.3 is 0 Å². The molecule has 18 heteroatoms. The molecule has 0 aliphatic rings. The Kier molecular flexibility index (Phi) is 18.9. The zero-order valence-electron chi connectivity index (χ0n) is 44.1. The normalized spacial score (nSPS) is 11.3. The maximum absolute atomic E-state index is 15.3. The molecule has 6 rings (SSSR count). The Morgan fingerprint density at radius 2 is 0.554 bits per heavy atom. The second-order valence-electron chi connectivity index (χ2n) is 17.8. The molecule has 0 saturated carbocycles. The Morgan fingerprint density at radius 3 is 0.784 bits per heavy atom. The summed E-state index contributed by atoms with van der Waals surface area (Å²) in [5.74, 6) is -0.564. The predicted molar refractivity (Wildman–Crippen MR) is 297 cm³/mol. The van der Waals surface area contributed by atoms with Gasteiger partial charge in [-0.2, -0.15) is 0 Å². The average molecular weight is 1130 g/mol. The molecule has 6 aromatic rings. The third-order valence-electron chi connectivity index (χ3n) is 12.5. The third kappa shape index (κ3) is 10.5. The van der Waals surface area contributed by atoms with E-state index in [2.05, 4.69) is 0 Å². The molecular formula is C56H58Cl4O12P2. The van der Waals surface area contributed by atoms with Gasteiger partial charge in [-0.15, -0.1) is 0 Å². The van der Waals surface area contributed by atoms with Crippen molar-refractivity contribution in [2.24, 2.45) is 0 Å². The lowest BCUT2D eigenvalue weighted by atomic mass is 10.0. The molecule has 0 radical (unpaired) electrons. The molecule has 0 spiro atoms. The first-order valence-corrected chi connectivity index (χ1v) is 27.7. The van der Waals surface area contributed by atoms with E-state index in [9.17, 15) is 23.7 Å². The van der Waals surface area contributed by atoms with Crippen LogP contribution in [0.2, 0.25) is 20.1 Å². The molecule has 0 N–H and O–H groups in total. The SMILES string of the molecule is COc1c(Cl)c(C(=O)P(=O)(C(=O)c2c(Cl)c(OC)c(OC)c(OC)c2Cl)c2cc(C)ccc2C)c(Cl)c(OC)c1OC.Cc1cc(C)c(C(=O)P(=O)(C(=O)c2c(C)cc(C)cc2C)c2cc(C)ccc2C)c(C)c1. The molecule has 0 amide bonds. The van der Waals surface area contributed by atoms with Gasteiger partial charge < -0.3 is 37.6 Å². The van der Waals surface area contributed by atoms with E-state index in [0.717, 1.165) is 38.9 Å². The van der Waals surface area contributed by atoms with Gasteiger partial charge in [0.2, 0.25) is 47.9 Å². The molecule has 0 bridgehead atoms. The molecule has 392 valence electrons. The summed E-state index contributed by atoms with van der Waals surface area (Å²) in [5.41, 5.74) is 3.70. The summed E-state index contributed by atoms with van der Waals surface area (Å²) < 4.78 is 62.4. The minimum Gasteiger partial charge on any atom is -0.491 e. The number of carbonyl (C=O) groups is 4. The topological polar surface area (TPSA) is 158 Å². The minimum atomic E-state index is -4.96. The molecule has 74 heavy (non-hydrogen) atoms. The van der Waals surface area contributed by atoms with Crippen LogP contribution in [-0.4, -0.2) is 64.8 Å². The van der Waals surface area contributed by atoms with Gasteiger partial charge in [-0.1, -0.05) is 117 Å². The van der Waals surface area contributed by atoms with Gasteiger partial charge in [0.15, 0.2) is 23.0 Å². The van der Waals surface area contributed by atoms with Gasteiger partial charge in [-0.05, 0) is 115 Å². The van der Waals surface area contributed by atoms with Crippen molar-refractivity contribution in [3.05, 3.63) is 159 Å². The van der Waals surface area contributed by atoms with Gasteiger partial charge in [0.25, 0.3) is 0 Å². The van der Waals surface area contributed by atoms with Crippen molar-refractivity contribution in [1.82, 2.24) is 0 Å². The molecule has 6 aromatic carbocycles. The van der Waals surface area contributed by atoms with E-state index in [0.29, 0.717) is 33.1 Å². The van der Waals surface area contributed by atoms with Crippen LogP contribution in [0.25, 0.3) is 0 Å². The Balaban J connectivity index is 0.000000284. The Hall–Kier alpha value is -5.58. The highest BCUT2D eigenvalue weighted by Gasteiger charge is 2.50. The van der Waals surface area contributed by atoms with E-state index >= 15 is 4.57 Å². The second-order valence-corrected chi connectivity index (χ2v) is 24.3. The van der Waals surface area contributed by atoms with Gasteiger partial charge in [0, 0.05) is 21.7 Å². The molecule has 0 atom stereocenters. The Labute approximate surface area is 452 Å². The van der Waals surface area contributed by atoms with E-state index in [-0.39, 0.29) is 59.9 Å². The molecule has 0 aliphatic heterocycles. The fraction of sp³-hybridized carbons (Fsp3) is 0.286. The van der Waals surface area contributed by atoms with Crippen molar-refractivity contribution in [2.45, 2.75) is 69.2 Å². The number of rotatable bonds is 16. The van der Waals surface area contributed by atoms with Gasteiger partial charge in [0.05, 0.1) is 73.9 Å². The fourth-order valence-electron chi connectivity index (χ4n) is 9.13. The zero-order chi connectivity index (χ0) is 55.6. The molecule has 0 fully saturated rings. The van der Waals surface area contributed by atoms with Crippen LogP contribution in [0, 0.1) is 69.2 Å². The standard InChI is InChI=1S/C28H27Cl4O9P.C28H31O3P/c1-12-9-10-13(2)14(11-12)42(35,27(33)15-17(29)21(36-3)25(40-7)22(37-4)18(15)30)28(34)16-19(31)23(38-5)26(41-8)24(39-6)20(16)32;1-16-9-10-19(4)24(15-16)32(31,27(29)25-20(5)11-17(2)12-21(25)6)28(30)26-22(7)13-18(3)14-23(26)8/h9-11H,1-8H3;9-15H,1-8H3. The lowest BCUT2D eigenvalue weighted by Crippen LogP contribution is -2.25. The maximum Gasteiger partial charge on any atom is 0.249 e. The Bertz CT molecular complexity index is 3130. The highest BCUT2D eigenvalue weighted by molar-refractivity contribution is 8.01. The molecule has 12 nitrogen and oxygen atoms in total. The number of benzene rings is 6. The minimum absolute atomic E-state index is 0.0184. The lowest BCUT2D eigenvalue weighted by molar-refractivity contribution is 0.102. The average Bonchev–Trinajstić information content (AvgIpc) is 3.33. The van der Waals surface area contributed by atoms with Crippen LogP contribution >= 0.6 is 60.7 Å². The second kappa shape index (κ2) is 23.5. The summed E-state index contributed by atoms with van der Waals surface area (Å²) in [6.45, 7) is 18.3. The summed E-state index contributed by atoms with van der Waals surface area (Å²) >= 11 is 26.5. The fourth-order valence-corrected chi connectivity index (χ4v) is 16.4. The van der Waals surface area contributed by atoms with E-state index in [1.54, 1.807) is 32.0 Å². The van der Waals surface area contributed by atoms with Crippen LogP contribution in [0.15, 0.2) is 60.7 Å². The molecule has 0 saturated heterocycles. The van der Waals surface area contributed by atoms with Crippen LogP contribution in [-0.2, 0) is 9.13 Å². The lowest BCUT2D eigenvalue weighted by Gasteiger charge is -2.24. The first-order chi connectivity index (χ1) is 34.7. The number of aryl methyl sites for hydroxylation is 10. The largest absolute Gasteiger partial charge is 0.491 e. The van der Waals surface area contributed by atoms with Crippen molar-refractivity contribution in [2.75, 3.05) is 42.7 Å². The number of halogens is 4. The van der Waals surface area contributed by atoms with Crippen LogP contribution in [0.1, 0.15) is 97.1 Å². The first kappa shape index (κ1) is 59.3. The van der Waals surface area contributed by atoms with Gasteiger partial charge in [-0.3, -0.25) is 19.2 Å². The van der Waals surface area contributed by atoms with E-state index in [1.807, 2.05) is 91.8 Å². The van der Waals surface area contributed by atoms with E-state index in [1.165, 1.54) is 48.7 Å². The van der Waals surface area contributed by atoms with E-state index in [4.69, 9.17) is 74.8 Å². The highest BCUT2D eigenvalue weighted by atomic mass is 35.5. The van der Waals surface area contributed by atoms with Crippen molar-refractivity contribution in [3.8, 4) is 34.5 Å². The summed E-state index contributed by atoms with van der Waals surface area (Å²) in [6, 6.07) is 17.9. The van der Waals surface area contributed by atoms with Crippen molar-refractivity contribution < 1.29 is 56.7 Å². The van der Waals surface area contributed by atoms with Crippen LogP contribution in [0.3, 0.4) is 0 Å². The summed E-state index contributed by atoms with van der Waals surface area (Å²) in [7, 11) is -1.41. The van der Waals surface area contributed by atoms with Crippen molar-refractivity contribution in [3.63, 3.8) is 0 Å². The van der Waals surface area contributed by atoms with E-state index < -0.39 is 47.5 Å². The van der Waals surface area contributed by atoms with Crippen LogP contribution < -0.4 is 39.0 Å². The summed E-state index contributed by atoms with van der Waals surface area (Å²) in [6.07, 6.45) is 0. The van der Waals surface area contributed by atoms with Crippen molar-refractivity contribution in [1.29, 1.82) is 0 Å². The summed E-state index contributed by atoms with van der Waals surface area (Å²) in [5, 5.41) is -1.17. The molecule has 0 heterocycles.